The average molecular weight is 477 g/mol. The molecule has 0 aromatic carbocycles. The number of anilines is 1. The van der Waals surface area contributed by atoms with Crippen molar-refractivity contribution in [3.63, 3.8) is 0 Å². The number of hydrogen-bond donors (Lipinski definition) is 2. The van der Waals surface area contributed by atoms with Gasteiger partial charge in [-0.15, -0.1) is 24.0 Å². The Labute approximate surface area is 171 Å². The normalized spacial score (nSPS) is 16.8. The second-order valence-corrected chi connectivity index (χ2v) is 8.27. The Morgan fingerprint density at radius 3 is 2.84 bits per heavy atom. The molecular weight excluding hydrogens is 449 g/mol. The Hall–Kier alpha value is -1.03. The first-order chi connectivity index (χ1) is 11.4. The van der Waals surface area contributed by atoms with Gasteiger partial charge in [0.25, 0.3) is 0 Å². The molecule has 0 bridgehead atoms. The van der Waals surface area contributed by atoms with Gasteiger partial charge in [-0.05, 0) is 32.9 Å². The Balaban J connectivity index is 0.00000312. The third kappa shape index (κ3) is 7.39. The second kappa shape index (κ2) is 10.2. The van der Waals surface area contributed by atoms with Crippen LogP contribution in [0.2, 0.25) is 0 Å². The van der Waals surface area contributed by atoms with Crippen molar-refractivity contribution in [3.8, 4) is 0 Å². The summed E-state index contributed by atoms with van der Waals surface area (Å²) in [5.41, 5.74) is 0.886. The number of carbonyl (C=O) groups excluding carboxylic acids is 1. The van der Waals surface area contributed by atoms with E-state index in [-0.39, 0.29) is 34.6 Å². The third-order valence-electron chi connectivity index (χ3n) is 3.73. The quantitative estimate of drug-likeness (QED) is 0.397. The van der Waals surface area contributed by atoms with Gasteiger partial charge in [0.1, 0.15) is 5.82 Å². The van der Waals surface area contributed by atoms with E-state index in [2.05, 4.69) is 39.4 Å². The number of rotatable bonds is 4. The molecule has 1 aliphatic rings. The number of nitrogens with zero attached hydrogens (tertiary/aromatic N) is 3. The maximum absolute atomic E-state index is 12.0. The van der Waals surface area contributed by atoms with Gasteiger partial charge in [-0.2, -0.15) is 11.8 Å². The van der Waals surface area contributed by atoms with Gasteiger partial charge in [-0.3, -0.25) is 9.79 Å². The molecule has 2 N–H and O–H groups in total. The highest BCUT2D eigenvalue weighted by atomic mass is 127. The molecule has 0 radical (unpaired) electrons. The molecule has 140 valence electrons. The molecule has 0 unspecified atom stereocenters. The van der Waals surface area contributed by atoms with Gasteiger partial charge in [-0.1, -0.05) is 6.07 Å². The highest BCUT2D eigenvalue weighted by Gasteiger charge is 2.28. The number of carbonyl (C=O) groups is 1. The van der Waals surface area contributed by atoms with E-state index in [9.17, 15) is 4.79 Å². The first-order valence-electron chi connectivity index (χ1n) is 8.23. The van der Waals surface area contributed by atoms with Crippen molar-refractivity contribution < 1.29 is 4.79 Å². The minimum Gasteiger partial charge on any atom is -0.356 e. The maximum Gasteiger partial charge on any atom is 0.227 e. The summed E-state index contributed by atoms with van der Waals surface area (Å²) in [7, 11) is 1.79. The first kappa shape index (κ1) is 22.0. The molecule has 0 atom stereocenters. The van der Waals surface area contributed by atoms with Crippen molar-refractivity contribution in [2.75, 3.05) is 37.8 Å². The number of pyridine rings is 1. The minimum atomic E-state index is -0.0504. The van der Waals surface area contributed by atoms with E-state index >= 15 is 0 Å². The Morgan fingerprint density at radius 2 is 2.20 bits per heavy atom. The number of aliphatic imine (C=N–C) groups is 1. The summed E-state index contributed by atoms with van der Waals surface area (Å²) in [5, 5.41) is 6.11. The van der Waals surface area contributed by atoms with Crippen molar-refractivity contribution in [1.82, 2.24) is 15.2 Å². The van der Waals surface area contributed by atoms with Gasteiger partial charge in [0, 0.05) is 49.3 Å². The lowest BCUT2D eigenvalue weighted by Gasteiger charge is -2.39. The number of guanidine groups is 1. The fourth-order valence-corrected chi connectivity index (χ4v) is 3.75. The fraction of sp³-hybridized carbons (Fsp3) is 0.588. The molecular formula is C17H28IN5OS. The lowest BCUT2D eigenvalue weighted by molar-refractivity contribution is -0.116. The minimum absolute atomic E-state index is 0. The highest BCUT2D eigenvalue weighted by Crippen LogP contribution is 2.29. The average Bonchev–Trinajstić information content (AvgIpc) is 2.50. The van der Waals surface area contributed by atoms with Crippen LogP contribution in [0.1, 0.15) is 26.0 Å². The zero-order chi connectivity index (χ0) is 17.6. The number of thioether (sulfide) groups is 1. The monoisotopic (exact) mass is 477 g/mol. The van der Waals surface area contributed by atoms with Crippen molar-refractivity contribution in [3.05, 3.63) is 23.9 Å². The van der Waals surface area contributed by atoms with Crippen molar-refractivity contribution in [1.29, 1.82) is 0 Å². The summed E-state index contributed by atoms with van der Waals surface area (Å²) in [6, 6.07) is 5.58. The largest absolute Gasteiger partial charge is 0.356 e. The first-order valence-corrected chi connectivity index (χ1v) is 9.21. The molecule has 8 heteroatoms. The lowest BCUT2D eigenvalue weighted by atomic mass is 10.2. The standard InChI is InChI=1S/C17H27N5OS.HI/c1-13-6-5-7-14(20-13)21-15(23)8-9-19-16(18-4)22-10-11-24-17(2,3)12-22;/h5-7H,8-12H2,1-4H3,(H,18,19)(H,20,21,23);1H. The molecule has 1 aromatic heterocycles. The van der Waals surface area contributed by atoms with Crippen LogP contribution in [0.5, 0.6) is 0 Å². The summed E-state index contributed by atoms with van der Waals surface area (Å²) in [5.74, 6) is 2.50. The van der Waals surface area contributed by atoms with Gasteiger partial charge in [0.2, 0.25) is 5.91 Å². The van der Waals surface area contributed by atoms with E-state index in [0.717, 1.165) is 30.5 Å². The van der Waals surface area contributed by atoms with Crippen molar-refractivity contribution in [2.45, 2.75) is 31.9 Å². The number of halogens is 1. The lowest BCUT2D eigenvalue weighted by Crippen LogP contribution is -2.51. The molecule has 0 saturated carbocycles. The van der Waals surface area contributed by atoms with Crippen LogP contribution in [0, 0.1) is 6.92 Å². The van der Waals surface area contributed by atoms with Crippen LogP contribution >= 0.6 is 35.7 Å². The summed E-state index contributed by atoms with van der Waals surface area (Å²) < 4.78 is 0.226. The molecule has 0 aliphatic carbocycles. The van der Waals surface area contributed by atoms with Gasteiger partial charge < -0.3 is 15.5 Å². The third-order valence-corrected chi connectivity index (χ3v) is 5.03. The number of aromatic nitrogens is 1. The van der Waals surface area contributed by atoms with E-state index in [0.29, 0.717) is 18.8 Å². The number of hydrogen-bond acceptors (Lipinski definition) is 4. The molecule has 0 spiro atoms. The van der Waals surface area contributed by atoms with E-state index in [1.807, 2.05) is 30.8 Å². The second-order valence-electron chi connectivity index (χ2n) is 6.47. The van der Waals surface area contributed by atoms with Gasteiger partial charge >= 0.3 is 0 Å². The van der Waals surface area contributed by atoms with Crippen LogP contribution in [0.25, 0.3) is 0 Å². The number of nitrogens with one attached hydrogen (secondary N) is 2. The van der Waals surface area contributed by atoms with Crippen LogP contribution < -0.4 is 10.6 Å². The Bertz CT molecular complexity index is 608. The van der Waals surface area contributed by atoms with Gasteiger partial charge in [0.05, 0.1) is 0 Å². The molecule has 1 fully saturated rings. The number of amides is 1. The van der Waals surface area contributed by atoms with E-state index in [1.54, 1.807) is 13.1 Å². The van der Waals surface area contributed by atoms with Gasteiger partial charge in [-0.25, -0.2) is 4.98 Å². The smallest absolute Gasteiger partial charge is 0.227 e. The predicted molar refractivity (Wildman–Crippen MR) is 117 cm³/mol. The fourth-order valence-electron chi connectivity index (χ4n) is 2.64. The Kier molecular flexibility index (Phi) is 8.98. The topological polar surface area (TPSA) is 69.6 Å². The van der Waals surface area contributed by atoms with Crippen molar-refractivity contribution >= 4 is 53.4 Å². The summed E-state index contributed by atoms with van der Waals surface area (Å²) in [6.45, 7) is 8.89. The summed E-state index contributed by atoms with van der Waals surface area (Å²) in [4.78, 5) is 22.9. The van der Waals surface area contributed by atoms with Crippen LogP contribution in [0.4, 0.5) is 5.82 Å². The van der Waals surface area contributed by atoms with Gasteiger partial charge in [0.15, 0.2) is 5.96 Å². The van der Waals surface area contributed by atoms with E-state index in [1.165, 1.54) is 0 Å². The van der Waals surface area contributed by atoms with Crippen LogP contribution in [-0.2, 0) is 4.79 Å². The summed E-state index contributed by atoms with van der Waals surface area (Å²) in [6.07, 6.45) is 0.376. The molecule has 2 rings (SSSR count). The zero-order valence-electron chi connectivity index (χ0n) is 15.3. The molecule has 1 aromatic rings. The molecule has 1 saturated heterocycles. The van der Waals surface area contributed by atoms with Crippen LogP contribution in [0.15, 0.2) is 23.2 Å². The molecule has 1 amide bonds. The maximum atomic E-state index is 12.0. The number of aryl methyl sites for hydroxylation is 1. The van der Waals surface area contributed by atoms with E-state index in [4.69, 9.17) is 0 Å². The Morgan fingerprint density at radius 1 is 1.44 bits per heavy atom. The summed E-state index contributed by atoms with van der Waals surface area (Å²) >= 11 is 1.99. The molecule has 6 nitrogen and oxygen atoms in total. The van der Waals surface area contributed by atoms with E-state index < -0.39 is 0 Å². The predicted octanol–water partition coefficient (Wildman–Crippen LogP) is 2.74. The molecule has 25 heavy (non-hydrogen) atoms. The molecule has 2 heterocycles. The van der Waals surface area contributed by atoms with Crippen LogP contribution in [-0.4, -0.2) is 58.9 Å². The SMILES string of the molecule is CN=C(NCCC(=O)Nc1cccc(C)n1)N1CCSC(C)(C)C1.I. The highest BCUT2D eigenvalue weighted by molar-refractivity contribution is 14.0. The van der Waals surface area contributed by atoms with Crippen molar-refractivity contribution in [2.24, 2.45) is 4.99 Å². The molecule has 1 aliphatic heterocycles. The van der Waals surface area contributed by atoms with Crippen LogP contribution in [0.3, 0.4) is 0 Å². The zero-order valence-corrected chi connectivity index (χ0v) is 18.5.